The summed E-state index contributed by atoms with van der Waals surface area (Å²) in [5.74, 6) is 0.568. The number of phenols is 1. The highest BCUT2D eigenvalue weighted by molar-refractivity contribution is 5.93. The first-order chi connectivity index (χ1) is 11.8. The van der Waals surface area contributed by atoms with Crippen LogP contribution in [-0.2, 0) is 0 Å². The molecule has 0 saturated carbocycles. The van der Waals surface area contributed by atoms with Crippen LogP contribution < -0.4 is 10.1 Å². The number of anilines is 1. The maximum atomic E-state index is 10.0. The standard InChI is InChI=1S/C20H20N2O2/c1-24-19-11-5-8-16(20(19)23)14-21-12-13-22-18-10-4-7-15-6-2-3-9-17(15)18/h2-11,14,22-23H,12-13H2,1H3. The lowest BCUT2D eigenvalue weighted by molar-refractivity contribution is 0.373. The molecule has 122 valence electrons. The van der Waals surface area contributed by atoms with Gasteiger partial charge in [0.2, 0.25) is 0 Å². The fourth-order valence-electron chi connectivity index (χ4n) is 2.61. The molecule has 24 heavy (non-hydrogen) atoms. The van der Waals surface area contributed by atoms with Crippen molar-refractivity contribution in [3.63, 3.8) is 0 Å². The fourth-order valence-corrected chi connectivity index (χ4v) is 2.61. The molecular weight excluding hydrogens is 300 g/mol. The summed E-state index contributed by atoms with van der Waals surface area (Å²) in [7, 11) is 1.53. The minimum absolute atomic E-state index is 0.116. The second kappa shape index (κ2) is 7.51. The van der Waals surface area contributed by atoms with Gasteiger partial charge >= 0.3 is 0 Å². The lowest BCUT2D eigenvalue weighted by Gasteiger charge is -2.08. The highest BCUT2D eigenvalue weighted by atomic mass is 16.5. The number of hydrogen-bond acceptors (Lipinski definition) is 4. The number of para-hydroxylation sites is 1. The molecule has 0 spiro atoms. The monoisotopic (exact) mass is 320 g/mol. The highest BCUT2D eigenvalue weighted by Crippen LogP contribution is 2.28. The van der Waals surface area contributed by atoms with Gasteiger partial charge in [-0.2, -0.15) is 0 Å². The zero-order valence-electron chi connectivity index (χ0n) is 13.6. The Morgan fingerprint density at radius 2 is 1.83 bits per heavy atom. The molecule has 0 fully saturated rings. The average Bonchev–Trinajstić information content (AvgIpc) is 2.63. The van der Waals surface area contributed by atoms with Crippen molar-refractivity contribution in [3.8, 4) is 11.5 Å². The summed E-state index contributed by atoms with van der Waals surface area (Å²) < 4.78 is 5.09. The number of aliphatic imine (C=N–C) groups is 1. The third-order valence-electron chi connectivity index (χ3n) is 3.83. The second-order valence-corrected chi connectivity index (χ2v) is 5.39. The van der Waals surface area contributed by atoms with Gasteiger partial charge in [-0.1, -0.05) is 42.5 Å². The van der Waals surface area contributed by atoms with Gasteiger partial charge in [0.1, 0.15) is 0 Å². The molecule has 0 aliphatic rings. The van der Waals surface area contributed by atoms with E-state index >= 15 is 0 Å². The molecule has 0 aliphatic carbocycles. The number of benzene rings is 3. The van der Waals surface area contributed by atoms with E-state index in [9.17, 15) is 5.11 Å². The van der Waals surface area contributed by atoms with Gasteiger partial charge < -0.3 is 15.2 Å². The molecule has 0 bridgehead atoms. The Balaban J connectivity index is 1.61. The van der Waals surface area contributed by atoms with Crippen LogP contribution in [-0.4, -0.2) is 31.5 Å². The molecule has 0 saturated heterocycles. The van der Waals surface area contributed by atoms with E-state index in [0.717, 1.165) is 12.2 Å². The zero-order valence-corrected chi connectivity index (χ0v) is 13.6. The molecule has 0 aromatic heterocycles. The predicted octanol–water partition coefficient (Wildman–Crippen LogP) is 4.09. The average molecular weight is 320 g/mol. The van der Waals surface area contributed by atoms with Crippen LogP contribution in [0.5, 0.6) is 11.5 Å². The molecule has 4 heteroatoms. The number of nitrogens with zero attached hydrogens (tertiary/aromatic N) is 1. The highest BCUT2D eigenvalue weighted by Gasteiger charge is 2.04. The Labute approximate surface area is 141 Å². The van der Waals surface area contributed by atoms with Crippen molar-refractivity contribution in [2.24, 2.45) is 4.99 Å². The van der Waals surface area contributed by atoms with Crippen LogP contribution in [0.3, 0.4) is 0 Å². The number of phenolic OH excluding ortho intramolecular Hbond substituents is 1. The number of methoxy groups -OCH3 is 1. The summed E-state index contributed by atoms with van der Waals surface area (Å²) in [6, 6.07) is 19.8. The largest absolute Gasteiger partial charge is 0.504 e. The van der Waals surface area contributed by atoms with E-state index in [4.69, 9.17) is 4.74 Å². The molecule has 0 radical (unpaired) electrons. The number of ether oxygens (including phenoxy) is 1. The molecule has 3 aromatic rings. The first-order valence-electron chi connectivity index (χ1n) is 7.87. The van der Waals surface area contributed by atoms with Crippen molar-refractivity contribution in [2.75, 3.05) is 25.5 Å². The Morgan fingerprint density at radius 3 is 2.71 bits per heavy atom. The first kappa shape index (κ1) is 15.9. The zero-order chi connectivity index (χ0) is 16.8. The smallest absolute Gasteiger partial charge is 0.166 e. The third kappa shape index (κ3) is 3.49. The van der Waals surface area contributed by atoms with Crippen LogP contribution in [0.1, 0.15) is 5.56 Å². The van der Waals surface area contributed by atoms with Gasteiger partial charge in [0.05, 0.1) is 13.7 Å². The molecule has 0 atom stereocenters. The van der Waals surface area contributed by atoms with Crippen molar-refractivity contribution in [3.05, 3.63) is 66.2 Å². The van der Waals surface area contributed by atoms with E-state index in [1.54, 1.807) is 18.3 Å². The summed E-state index contributed by atoms with van der Waals surface area (Å²) in [6.07, 6.45) is 1.67. The van der Waals surface area contributed by atoms with E-state index < -0.39 is 0 Å². The van der Waals surface area contributed by atoms with Crippen molar-refractivity contribution in [1.29, 1.82) is 0 Å². The summed E-state index contributed by atoms with van der Waals surface area (Å²) >= 11 is 0. The Morgan fingerprint density at radius 1 is 1.04 bits per heavy atom. The first-order valence-corrected chi connectivity index (χ1v) is 7.87. The molecule has 2 N–H and O–H groups in total. The molecule has 0 unspecified atom stereocenters. The molecular formula is C20H20N2O2. The lowest BCUT2D eigenvalue weighted by atomic mass is 10.1. The number of aromatic hydroxyl groups is 1. The minimum Gasteiger partial charge on any atom is -0.504 e. The van der Waals surface area contributed by atoms with Crippen molar-refractivity contribution in [1.82, 2.24) is 0 Å². The minimum atomic E-state index is 0.116. The fraction of sp³-hybridized carbons (Fsp3) is 0.150. The lowest BCUT2D eigenvalue weighted by Crippen LogP contribution is -2.05. The predicted molar refractivity (Wildman–Crippen MR) is 99.6 cm³/mol. The second-order valence-electron chi connectivity index (χ2n) is 5.39. The quantitative estimate of drug-likeness (QED) is 0.531. The maximum Gasteiger partial charge on any atom is 0.166 e. The van der Waals surface area contributed by atoms with Crippen LogP contribution in [0.25, 0.3) is 10.8 Å². The van der Waals surface area contributed by atoms with Crippen molar-refractivity contribution in [2.45, 2.75) is 0 Å². The summed E-state index contributed by atoms with van der Waals surface area (Å²) in [6.45, 7) is 1.33. The van der Waals surface area contributed by atoms with Gasteiger partial charge in [0.15, 0.2) is 11.5 Å². The summed E-state index contributed by atoms with van der Waals surface area (Å²) in [4.78, 5) is 4.37. The van der Waals surface area contributed by atoms with E-state index in [1.165, 1.54) is 17.9 Å². The third-order valence-corrected chi connectivity index (χ3v) is 3.83. The number of rotatable bonds is 6. The normalized spacial score (nSPS) is 11.0. The van der Waals surface area contributed by atoms with Gasteiger partial charge in [-0.05, 0) is 23.6 Å². The molecule has 0 heterocycles. The van der Waals surface area contributed by atoms with Gasteiger partial charge in [0, 0.05) is 29.4 Å². The van der Waals surface area contributed by atoms with Crippen molar-refractivity contribution < 1.29 is 9.84 Å². The van der Waals surface area contributed by atoms with Gasteiger partial charge in [-0.3, -0.25) is 4.99 Å². The Kier molecular flexibility index (Phi) is 4.96. The van der Waals surface area contributed by atoms with Crippen LogP contribution in [0, 0.1) is 0 Å². The van der Waals surface area contributed by atoms with Crippen LogP contribution >= 0.6 is 0 Å². The van der Waals surface area contributed by atoms with Crippen LogP contribution in [0.15, 0.2) is 65.7 Å². The molecule has 3 rings (SSSR count). The van der Waals surface area contributed by atoms with E-state index in [0.29, 0.717) is 17.9 Å². The Bertz CT molecular complexity index is 854. The molecule has 0 aliphatic heterocycles. The topological polar surface area (TPSA) is 53.8 Å². The van der Waals surface area contributed by atoms with Gasteiger partial charge in [0.25, 0.3) is 0 Å². The van der Waals surface area contributed by atoms with Gasteiger partial charge in [-0.15, -0.1) is 0 Å². The number of fused-ring (bicyclic) bond motifs is 1. The summed E-state index contributed by atoms with van der Waals surface area (Å²) in [5, 5.41) is 15.8. The van der Waals surface area contributed by atoms with Crippen LogP contribution in [0.2, 0.25) is 0 Å². The molecule has 0 amide bonds. The van der Waals surface area contributed by atoms with Crippen LogP contribution in [0.4, 0.5) is 5.69 Å². The van der Waals surface area contributed by atoms with E-state index in [-0.39, 0.29) is 5.75 Å². The molecule has 3 aromatic carbocycles. The van der Waals surface area contributed by atoms with E-state index in [2.05, 4.69) is 34.6 Å². The summed E-state index contributed by atoms with van der Waals surface area (Å²) in [5.41, 5.74) is 1.76. The van der Waals surface area contributed by atoms with Gasteiger partial charge in [-0.25, -0.2) is 0 Å². The molecule has 4 nitrogen and oxygen atoms in total. The maximum absolute atomic E-state index is 10.0. The Hall–Kier alpha value is -3.01. The number of hydrogen-bond donors (Lipinski definition) is 2. The van der Waals surface area contributed by atoms with E-state index in [1.807, 2.05) is 24.3 Å². The number of nitrogens with one attached hydrogen (secondary N) is 1. The van der Waals surface area contributed by atoms with Crippen molar-refractivity contribution >= 4 is 22.7 Å². The SMILES string of the molecule is COc1cccc(C=NCCNc2cccc3ccccc23)c1O.